The van der Waals surface area contributed by atoms with Gasteiger partial charge in [-0.25, -0.2) is 0 Å². The van der Waals surface area contributed by atoms with Crippen LogP contribution in [0.5, 0.6) is 17.2 Å². The Morgan fingerprint density at radius 1 is 1.04 bits per heavy atom. The molecule has 0 heterocycles. The van der Waals surface area contributed by atoms with Crippen molar-refractivity contribution in [3.8, 4) is 17.2 Å². The van der Waals surface area contributed by atoms with E-state index in [0.29, 0.717) is 24.7 Å². The largest absolute Gasteiger partial charge is 0.496 e. The summed E-state index contributed by atoms with van der Waals surface area (Å²) in [5.41, 5.74) is 4.97. The van der Waals surface area contributed by atoms with Crippen LogP contribution in [-0.2, 0) is 6.54 Å². The van der Waals surface area contributed by atoms with Crippen LogP contribution in [0.2, 0.25) is 0 Å². The Labute approximate surface area is 142 Å². The standard InChI is InChI=1S/C19H22N2O3/c1-4-11-24-18-10-9-15(12-19(18)23-3)13-20-21-14-16-7-5-6-8-17(16)22-2/h4-10,12-13,21H,1,11,14H2,2-3H3/b20-13-. The first-order valence-corrected chi connectivity index (χ1v) is 7.58. The summed E-state index contributed by atoms with van der Waals surface area (Å²) < 4.78 is 16.2. The molecular formula is C19H22N2O3. The van der Waals surface area contributed by atoms with E-state index in [9.17, 15) is 0 Å². The number of rotatable bonds is 9. The van der Waals surface area contributed by atoms with Crippen LogP contribution in [0.4, 0.5) is 0 Å². The molecular weight excluding hydrogens is 304 g/mol. The van der Waals surface area contributed by atoms with E-state index in [4.69, 9.17) is 14.2 Å². The fourth-order valence-electron chi connectivity index (χ4n) is 2.13. The van der Waals surface area contributed by atoms with Gasteiger partial charge in [0, 0.05) is 5.56 Å². The molecule has 24 heavy (non-hydrogen) atoms. The molecule has 2 rings (SSSR count). The van der Waals surface area contributed by atoms with E-state index >= 15 is 0 Å². The number of nitrogens with one attached hydrogen (secondary N) is 1. The molecule has 2 aromatic carbocycles. The molecule has 0 saturated heterocycles. The van der Waals surface area contributed by atoms with Crippen LogP contribution in [0.25, 0.3) is 0 Å². The molecule has 5 nitrogen and oxygen atoms in total. The van der Waals surface area contributed by atoms with E-state index in [1.54, 1.807) is 26.5 Å². The molecule has 1 N–H and O–H groups in total. The summed E-state index contributed by atoms with van der Waals surface area (Å²) in [5, 5.41) is 4.24. The zero-order valence-corrected chi connectivity index (χ0v) is 14.0. The highest BCUT2D eigenvalue weighted by molar-refractivity contribution is 5.80. The number of ether oxygens (including phenoxy) is 3. The first-order chi connectivity index (χ1) is 11.8. The SMILES string of the molecule is C=CCOc1ccc(/C=N\NCc2ccccc2OC)cc1OC. The van der Waals surface area contributed by atoms with Gasteiger partial charge in [0.1, 0.15) is 12.4 Å². The predicted molar refractivity (Wildman–Crippen MR) is 96.1 cm³/mol. The second-order valence-electron chi connectivity index (χ2n) is 4.91. The van der Waals surface area contributed by atoms with Crippen LogP contribution in [0.1, 0.15) is 11.1 Å². The highest BCUT2D eigenvalue weighted by Crippen LogP contribution is 2.27. The lowest BCUT2D eigenvalue weighted by Gasteiger charge is -2.09. The summed E-state index contributed by atoms with van der Waals surface area (Å²) in [4.78, 5) is 0. The molecule has 0 aromatic heterocycles. The quantitative estimate of drug-likeness (QED) is 0.436. The number of benzene rings is 2. The summed E-state index contributed by atoms with van der Waals surface area (Å²) in [5.74, 6) is 2.17. The van der Waals surface area contributed by atoms with E-state index in [-0.39, 0.29) is 0 Å². The monoisotopic (exact) mass is 326 g/mol. The second-order valence-corrected chi connectivity index (χ2v) is 4.91. The van der Waals surface area contributed by atoms with Gasteiger partial charge >= 0.3 is 0 Å². The van der Waals surface area contributed by atoms with Gasteiger partial charge in [0.25, 0.3) is 0 Å². The molecule has 5 heteroatoms. The predicted octanol–water partition coefficient (Wildman–Crippen LogP) is 3.39. The minimum atomic E-state index is 0.435. The summed E-state index contributed by atoms with van der Waals surface area (Å²) in [7, 11) is 3.27. The molecule has 126 valence electrons. The van der Waals surface area contributed by atoms with Gasteiger partial charge in [-0.1, -0.05) is 30.9 Å². The molecule has 0 unspecified atom stereocenters. The van der Waals surface area contributed by atoms with Crippen LogP contribution < -0.4 is 19.6 Å². The van der Waals surface area contributed by atoms with Crippen LogP contribution in [0, 0.1) is 0 Å². The minimum Gasteiger partial charge on any atom is -0.496 e. The zero-order chi connectivity index (χ0) is 17.2. The van der Waals surface area contributed by atoms with Crippen molar-refractivity contribution in [1.29, 1.82) is 0 Å². The molecule has 0 radical (unpaired) electrons. The second kappa shape index (κ2) is 9.25. The average Bonchev–Trinajstić information content (AvgIpc) is 2.64. The molecule has 0 fully saturated rings. The Hall–Kier alpha value is -2.95. The van der Waals surface area contributed by atoms with E-state index in [1.807, 2.05) is 42.5 Å². The molecule has 0 aliphatic heterocycles. The van der Waals surface area contributed by atoms with Gasteiger partial charge in [-0.2, -0.15) is 5.10 Å². The molecule has 2 aromatic rings. The third kappa shape index (κ3) is 4.78. The summed E-state index contributed by atoms with van der Waals surface area (Å²) in [6, 6.07) is 13.5. The van der Waals surface area contributed by atoms with Gasteiger partial charge in [0.05, 0.1) is 27.0 Å². The van der Waals surface area contributed by atoms with Crippen molar-refractivity contribution < 1.29 is 14.2 Å². The van der Waals surface area contributed by atoms with Gasteiger partial charge in [-0.05, 0) is 29.8 Å². The molecule has 0 aliphatic rings. The molecule has 0 saturated carbocycles. The van der Waals surface area contributed by atoms with Crippen molar-refractivity contribution in [2.75, 3.05) is 20.8 Å². The van der Waals surface area contributed by atoms with Gasteiger partial charge in [0.2, 0.25) is 0 Å². The molecule has 0 amide bonds. The van der Waals surface area contributed by atoms with Crippen molar-refractivity contribution in [3.05, 3.63) is 66.2 Å². The van der Waals surface area contributed by atoms with E-state index < -0.39 is 0 Å². The lowest BCUT2D eigenvalue weighted by molar-refractivity contribution is 0.326. The number of hydrogen-bond acceptors (Lipinski definition) is 5. The lowest BCUT2D eigenvalue weighted by atomic mass is 10.2. The third-order valence-electron chi connectivity index (χ3n) is 3.31. The summed E-state index contributed by atoms with van der Waals surface area (Å²) in [6.45, 7) is 4.65. The van der Waals surface area contributed by atoms with Gasteiger partial charge in [-0.15, -0.1) is 0 Å². The Morgan fingerprint density at radius 2 is 1.83 bits per heavy atom. The fraction of sp³-hybridized carbons (Fsp3) is 0.211. The van der Waals surface area contributed by atoms with Crippen LogP contribution in [0.15, 0.2) is 60.2 Å². The Kier molecular flexibility index (Phi) is 6.71. The van der Waals surface area contributed by atoms with Crippen molar-refractivity contribution >= 4 is 6.21 Å². The van der Waals surface area contributed by atoms with Crippen molar-refractivity contribution in [3.63, 3.8) is 0 Å². The number of nitrogens with zero attached hydrogens (tertiary/aromatic N) is 1. The maximum absolute atomic E-state index is 5.52. The molecule has 0 spiro atoms. The van der Waals surface area contributed by atoms with Crippen molar-refractivity contribution in [2.45, 2.75) is 6.54 Å². The topological polar surface area (TPSA) is 52.1 Å². The van der Waals surface area contributed by atoms with Crippen molar-refractivity contribution in [2.24, 2.45) is 5.10 Å². The highest BCUT2D eigenvalue weighted by atomic mass is 16.5. The van der Waals surface area contributed by atoms with Gasteiger partial charge in [0.15, 0.2) is 11.5 Å². The molecule has 0 aliphatic carbocycles. The van der Waals surface area contributed by atoms with E-state index in [0.717, 1.165) is 16.9 Å². The Balaban J connectivity index is 1.97. The number of para-hydroxylation sites is 1. The highest BCUT2D eigenvalue weighted by Gasteiger charge is 2.04. The number of methoxy groups -OCH3 is 2. The fourth-order valence-corrected chi connectivity index (χ4v) is 2.13. The minimum absolute atomic E-state index is 0.435. The van der Waals surface area contributed by atoms with Crippen LogP contribution in [-0.4, -0.2) is 27.0 Å². The van der Waals surface area contributed by atoms with E-state index in [2.05, 4.69) is 17.1 Å². The van der Waals surface area contributed by atoms with Crippen LogP contribution in [0.3, 0.4) is 0 Å². The molecule has 0 atom stereocenters. The maximum Gasteiger partial charge on any atom is 0.161 e. The Morgan fingerprint density at radius 3 is 2.58 bits per heavy atom. The lowest BCUT2D eigenvalue weighted by Crippen LogP contribution is -2.07. The number of hydrogen-bond donors (Lipinski definition) is 1. The average molecular weight is 326 g/mol. The summed E-state index contributed by atoms with van der Waals surface area (Å²) in [6.07, 6.45) is 3.42. The normalized spacial score (nSPS) is 10.4. The first-order valence-electron chi connectivity index (χ1n) is 7.58. The van der Waals surface area contributed by atoms with E-state index in [1.165, 1.54) is 0 Å². The number of hydrazone groups is 1. The Bertz CT molecular complexity index is 699. The van der Waals surface area contributed by atoms with Crippen LogP contribution >= 0.6 is 0 Å². The summed E-state index contributed by atoms with van der Waals surface area (Å²) >= 11 is 0. The smallest absolute Gasteiger partial charge is 0.161 e. The maximum atomic E-state index is 5.52. The van der Waals surface area contributed by atoms with Crippen molar-refractivity contribution in [1.82, 2.24) is 5.43 Å². The van der Waals surface area contributed by atoms with Gasteiger partial charge < -0.3 is 19.6 Å². The third-order valence-corrected chi connectivity index (χ3v) is 3.31. The zero-order valence-electron chi connectivity index (χ0n) is 14.0. The first kappa shape index (κ1) is 17.4. The molecule has 0 bridgehead atoms. The van der Waals surface area contributed by atoms with Gasteiger partial charge in [-0.3, -0.25) is 0 Å².